The summed E-state index contributed by atoms with van der Waals surface area (Å²) >= 11 is 0. The quantitative estimate of drug-likeness (QED) is 0.676. The van der Waals surface area contributed by atoms with Gasteiger partial charge in [0.1, 0.15) is 5.75 Å². The van der Waals surface area contributed by atoms with Crippen molar-refractivity contribution in [3.05, 3.63) is 28.6 Å². The fourth-order valence-corrected chi connectivity index (χ4v) is 2.06. The molecule has 2 atom stereocenters. The van der Waals surface area contributed by atoms with Crippen LogP contribution in [0.25, 0.3) is 12.2 Å². The third-order valence-electron chi connectivity index (χ3n) is 2.97. The van der Waals surface area contributed by atoms with E-state index < -0.39 is 0 Å². The maximum Gasteiger partial charge on any atom is 0.119 e. The molecule has 3 rings (SSSR count). The third-order valence-corrected chi connectivity index (χ3v) is 2.97. The number of hydrogen-bond acceptors (Lipinski definition) is 1. The van der Waals surface area contributed by atoms with E-state index >= 15 is 0 Å². The summed E-state index contributed by atoms with van der Waals surface area (Å²) in [5.74, 6) is 2.61. The number of methoxy groups -OCH3 is 1. The van der Waals surface area contributed by atoms with Gasteiger partial charge in [-0.3, -0.25) is 0 Å². The van der Waals surface area contributed by atoms with Gasteiger partial charge in [-0.05, 0) is 40.8 Å². The lowest BCUT2D eigenvalue weighted by molar-refractivity contribution is 0.414. The molecule has 0 aromatic heterocycles. The summed E-state index contributed by atoms with van der Waals surface area (Å²) < 4.78 is 5.20. The second-order valence-corrected chi connectivity index (χ2v) is 3.89. The maximum absolute atomic E-state index is 5.20. The van der Waals surface area contributed by atoms with Crippen molar-refractivity contribution in [2.45, 2.75) is 20.3 Å². The van der Waals surface area contributed by atoms with E-state index in [0.717, 1.165) is 17.6 Å². The Hall–Kier alpha value is -1.24. The highest BCUT2D eigenvalue weighted by molar-refractivity contribution is 5.50. The number of hydrogen-bond donors (Lipinski definition) is 0. The van der Waals surface area contributed by atoms with Gasteiger partial charge in [0.05, 0.1) is 7.11 Å². The van der Waals surface area contributed by atoms with E-state index in [0.29, 0.717) is 0 Å². The summed E-state index contributed by atoms with van der Waals surface area (Å²) in [4.78, 5) is 0. The summed E-state index contributed by atoms with van der Waals surface area (Å²) in [5, 5.41) is 2.72. The van der Waals surface area contributed by atoms with Gasteiger partial charge in [0, 0.05) is 0 Å². The molecule has 1 saturated carbocycles. The lowest BCUT2D eigenvalue weighted by Crippen LogP contribution is -2.26. The Morgan fingerprint density at radius 2 is 1.73 bits per heavy atom. The Morgan fingerprint density at radius 1 is 1.07 bits per heavy atom. The smallest absolute Gasteiger partial charge is 0.119 e. The van der Waals surface area contributed by atoms with Crippen LogP contribution in [0.5, 0.6) is 5.75 Å². The maximum atomic E-state index is 5.20. The van der Waals surface area contributed by atoms with E-state index in [1.54, 1.807) is 7.11 Å². The Kier molecular flexibility index (Phi) is 2.81. The first-order valence-electron chi connectivity index (χ1n) is 5.74. The van der Waals surface area contributed by atoms with Gasteiger partial charge in [0.15, 0.2) is 0 Å². The first kappa shape index (κ1) is 10.3. The Balaban J connectivity index is 0.000000404. The topological polar surface area (TPSA) is 9.23 Å². The van der Waals surface area contributed by atoms with E-state index in [1.807, 2.05) is 19.9 Å². The zero-order valence-electron chi connectivity index (χ0n) is 9.66. The molecule has 2 unspecified atom stereocenters. The van der Waals surface area contributed by atoms with Crippen molar-refractivity contribution in [3.8, 4) is 5.75 Å². The van der Waals surface area contributed by atoms with Crippen LogP contribution >= 0.6 is 0 Å². The fourth-order valence-electron chi connectivity index (χ4n) is 2.06. The highest BCUT2D eigenvalue weighted by Gasteiger charge is 2.34. The molecular formula is C14H18O. The van der Waals surface area contributed by atoms with Crippen LogP contribution in [0, 0.1) is 11.8 Å². The molecule has 1 aromatic carbocycles. The molecule has 80 valence electrons. The predicted molar refractivity (Wildman–Crippen MR) is 64.1 cm³/mol. The van der Waals surface area contributed by atoms with Gasteiger partial charge < -0.3 is 4.74 Å². The molecule has 1 heteroatoms. The van der Waals surface area contributed by atoms with Gasteiger partial charge in [-0.2, -0.15) is 0 Å². The molecule has 0 aliphatic heterocycles. The van der Waals surface area contributed by atoms with Gasteiger partial charge in [0.25, 0.3) is 0 Å². The number of benzene rings is 1. The highest BCUT2D eigenvalue weighted by Crippen LogP contribution is 2.41. The monoisotopic (exact) mass is 202 g/mol. The van der Waals surface area contributed by atoms with Crippen molar-refractivity contribution in [2.24, 2.45) is 11.8 Å². The number of ether oxygens (including phenoxy) is 1. The average Bonchev–Trinajstić information content (AvgIpc) is 3.05. The lowest BCUT2D eigenvalue weighted by atomic mass is 10.1. The van der Waals surface area contributed by atoms with E-state index in [9.17, 15) is 0 Å². The summed E-state index contributed by atoms with van der Waals surface area (Å²) in [6.45, 7) is 4.00. The van der Waals surface area contributed by atoms with Gasteiger partial charge in [-0.25, -0.2) is 0 Å². The zero-order chi connectivity index (χ0) is 10.8. The largest absolute Gasteiger partial charge is 0.497 e. The van der Waals surface area contributed by atoms with Crippen molar-refractivity contribution in [3.63, 3.8) is 0 Å². The van der Waals surface area contributed by atoms with Crippen LogP contribution in [0.4, 0.5) is 0 Å². The zero-order valence-corrected chi connectivity index (χ0v) is 9.66. The molecule has 2 aliphatic rings. The Bertz CT molecular complexity index is 459. The third kappa shape index (κ3) is 1.92. The van der Waals surface area contributed by atoms with E-state index in [4.69, 9.17) is 4.74 Å². The van der Waals surface area contributed by atoms with Crippen molar-refractivity contribution in [2.75, 3.05) is 7.11 Å². The molecule has 0 bridgehead atoms. The predicted octanol–water partition coefficient (Wildman–Crippen LogP) is 1.93. The van der Waals surface area contributed by atoms with Gasteiger partial charge in [-0.15, -0.1) is 0 Å². The molecule has 0 radical (unpaired) electrons. The van der Waals surface area contributed by atoms with Gasteiger partial charge >= 0.3 is 0 Å². The molecule has 1 aromatic rings. The second kappa shape index (κ2) is 4.09. The molecule has 0 N–H and O–H groups in total. The molecule has 0 saturated heterocycles. The van der Waals surface area contributed by atoms with Gasteiger partial charge in [0.2, 0.25) is 0 Å². The second-order valence-electron chi connectivity index (χ2n) is 3.89. The summed E-state index contributed by atoms with van der Waals surface area (Å²) in [6, 6.07) is 6.31. The summed E-state index contributed by atoms with van der Waals surface area (Å²) in [6.07, 6.45) is 6.11. The molecular weight excluding hydrogens is 184 g/mol. The normalized spacial score (nSPS) is 24.5. The van der Waals surface area contributed by atoms with Crippen LogP contribution in [0.3, 0.4) is 0 Å². The molecule has 1 nitrogen and oxygen atoms in total. The molecule has 15 heavy (non-hydrogen) atoms. The standard InChI is InChI=1S/C12H12O.C2H6/c1-13-12-3-2-8-4-9-5-10(9)6-11(8)7-12;1-2/h2-4,6-7,9-10H,5H2,1H3;1-2H3. The summed E-state index contributed by atoms with van der Waals surface area (Å²) in [7, 11) is 1.72. The molecule has 0 heterocycles. The lowest BCUT2D eigenvalue weighted by Gasteiger charge is -2.02. The molecule has 0 spiro atoms. The van der Waals surface area contributed by atoms with Crippen LogP contribution in [-0.2, 0) is 0 Å². The van der Waals surface area contributed by atoms with Crippen molar-refractivity contribution < 1.29 is 4.74 Å². The van der Waals surface area contributed by atoms with Crippen molar-refractivity contribution in [1.82, 2.24) is 0 Å². The minimum Gasteiger partial charge on any atom is -0.497 e. The highest BCUT2D eigenvalue weighted by atomic mass is 16.5. The minimum absolute atomic E-state index is 0.819. The SMILES string of the molecule is CC.COc1ccc2c(c1)=CC1CC1C=2. The van der Waals surface area contributed by atoms with E-state index in [-0.39, 0.29) is 0 Å². The van der Waals surface area contributed by atoms with Crippen LogP contribution in [-0.4, -0.2) is 7.11 Å². The van der Waals surface area contributed by atoms with Crippen molar-refractivity contribution in [1.29, 1.82) is 0 Å². The molecule has 2 aliphatic carbocycles. The minimum atomic E-state index is 0.819. The first-order valence-corrected chi connectivity index (χ1v) is 5.74. The average molecular weight is 202 g/mol. The first-order chi connectivity index (χ1) is 7.36. The van der Waals surface area contributed by atoms with E-state index in [1.165, 1.54) is 16.9 Å². The number of fused-ring (bicyclic) bond motifs is 2. The Morgan fingerprint density at radius 3 is 2.40 bits per heavy atom. The molecule has 1 fully saturated rings. The Labute approximate surface area is 91.1 Å². The van der Waals surface area contributed by atoms with Crippen LogP contribution in [0.1, 0.15) is 20.3 Å². The van der Waals surface area contributed by atoms with Crippen LogP contribution in [0.2, 0.25) is 0 Å². The van der Waals surface area contributed by atoms with Crippen LogP contribution in [0.15, 0.2) is 18.2 Å². The summed E-state index contributed by atoms with van der Waals surface area (Å²) in [5.41, 5.74) is 0. The van der Waals surface area contributed by atoms with Crippen LogP contribution < -0.4 is 15.2 Å². The molecule has 0 amide bonds. The van der Waals surface area contributed by atoms with E-state index in [2.05, 4.69) is 24.3 Å². The number of rotatable bonds is 1. The fraction of sp³-hybridized carbons (Fsp3) is 0.429. The van der Waals surface area contributed by atoms with Crippen molar-refractivity contribution >= 4 is 12.2 Å². The van der Waals surface area contributed by atoms with Gasteiger partial charge in [-0.1, -0.05) is 32.1 Å².